The van der Waals surface area contributed by atoms with Crippen LogP contribution in [0.4, 0.5) is 0 Å². The normalized spacial score (nSPS) is 28.5. The second kappa shape index (κ2) is 3.11. The van der Waals surface area contributed by atoms with Gasteiger partial charge in [-0.15, -0.1) is 0 Å². The molecule has 11 heavy (non-hydrogen) atoms. The number of halogens is 1. The summed E-state index contributed by atoms with van der Waals surface area (Å²) < 4.78 is 6.54. The highest BCUT2D eigenvalue weighted by Gasteiger charge is 2.38. The lowest BCUT2D eigenvalue weighted by atomic mass is 10.1. The van der Waals surface area contributed by atoms with E-state index < -0.39 is 0 Å². The van der Waals surface area contributed by atoms with Crippen molar-refractivity contribution < 1.29 is 4.74 Å². The third kappa shape index (κ3) is 1.56. The van der Waals surface area contributed by atoms with Crippen molar-refractivity contribution in [3.8, 4) is 0 Å². The maximum absolute atomic E-state index is 5.44. The first-order chi connectivity index (χ1) is 5.42. The molecule has 0 bridgehead atoms. The van der Waals surface area contributed by atoms with Crippen LogP contribution in [0.3, 0.4) is 0 Å². The van der Waals surface area contributed by atoms with Gasteiger partial charge in [-0.05, 0) is 5.56 Å². The van der Waals surface area contributed by atoms with E-state index in [1.54, 1.807) is 0 Å². The molecule has 0 amide bonds. The van der Waals surface area contributed by atoms with Crippen LogP contribution in [0.15, 0.2) is 30.3 Å². The van der Waals surface area contributed by atoms with Crippen molar-refractivity contribution in [1.82, 2.24) is 0 Å². The summed E-state index contributed by atoms with van der Waals surface area (Å²) in [6, 6.07) is 10.4. The van der Waals surface area contributed by atoms with Crippen LogP contribution < -0.4 is 0 Å². The predicted octanol–water partition coefficient (Wildman–Crippen LogP) is 2.56. The van der Waals surface area contributed by atoms with E-state index in [1.807, 2.05) is 6.07 Å². The van der Waals surface area contributed by atoms with Crippen LogP contribution in [-0.2, 0) is 4.74 Å². The summed E-state index contributed by atoms with van der Waals surface area (Å²) >= 11 is 2.36. The van der Waals surface area contributed by atoms with Gasteiger partial charge in [0.1, 0.15) is 6.10 Å². The highest BCUT2D eigenvalue weighted by molar-refractivity contribution is 14.1. The number of hydrogen-bond acceptors (Lipinski definition) is 1. The van der Waals surface area contributed by atoms with Gasteiger partial charge >= 0.3 is 0 Å². The van der Waals surface area contributed by atoms with Gasteiger partial charge in [0, 0.05) is 4.43 Å². The van der Waals surface area contributed by atoms with Crippen molar-refractivity contribution in [3.05, 3.63) is 35.9 Å². The molecule has 0 aliphatic carbocycles. The second-order valence-electron chi connectivity index (χ2n) is 2.66. The van der Waals surface area contributed by atoms with Crippen LogP contribution >= 0.6 is 22.6 Å². The van der Waals surface area contributed by atoms with Crippen LogP contribution in [0, 0.1) is 0 Å². The molecule has 1 aliphatic heterocycles. The molecule has 0 aromatic heterocycles. The maximum Gasteiger partial charge on any atom is 0.110 e. The summed E-state index contributed by atoms with van der Waals surface area (Å²) in [4.78, 5) is 0. The monoisotopic (exact) mass is 260 g/mol. The van der Waals surface area contributed by atoms with Crippen molar-refractivity contribution in [2.45, 2.75) is 12.2 Å². The minimum Gasteiger partial charge on any atom is -0.364 e. The number of rotatable bonds is 2. The molecule has 0 saturated carbocycles. The van der Waals surface area contributed by atoms with Gasteiger partial charge in [0.05, 0.1) is 6.10 Å². The van der Waals surface area contributed by atoms with E-state index >= 15 is 0 Å². The molecule has 1 saturated heterocycles. The van der Waals surface area contributed by atoms with Crippen molar-refractivity contribution in [3.63, 3.8) is 0 Å². The van der Waals surface area contributed by atoms with Crippen molar-refractivity contribution in [1.29, 1.82) is 0 Å². The molecule has 2 rings (SSSR count). The Morgan fingerprint density at radius 3 is 2.55 bits per heavy atom. The van der Waals surface area contributed by atoms with Crippen molar-refractivity contribution in [2.75, 3.05) is 4.43 Å². The van der Waals surface area contributed by atoms with E-state index in [4.69, 9.17) is 4.74 Å². The lowest BCUT2D eigenvalue weighted by molar-refractivity contribution is 0.386. The Kier molecular flexibility index (Phi) is 2.13. The summed E-state index contributed by atoms with van der Waals surface area (Å²) in [6.07, 6.45) is 0.853. The fourth-order valence-corrected chi connectivity index (χ4v) is 1.87. The Bertz CT molecular complexity index is 235. The summed E-state index contributed by atoms with van der Waals surface area (Å²) in [5.74, 6) is 0. The van der Waals surface area contributed by atoms with E-state index in [0.29, 0.717) is 12.2 Å². The maximum atomic E-state index is 5.44. The Balaban J connectivity index is 2.09. The SMILES string of the molecule is IC[C@@H]1O[C@H]1c1ccccc1. The van der Waals surface area contributed by atoms with Gasteiger partial charge in [-0.1, -0.05) is 52.9 Å². The third-order valence-electron chi connectivity index (χ3n) is 1.86. The van der Waals surface area contributed by atoms with E-state index in [2.05, 4.69) is 46.9 Å². The first-order valence-corrected chi connectivity index (χ1v) is 5.21. The van der Waals surface area contributed by atoms with Crippen LogP contribution in [0.1, 0.15) is 11.7 Å². The molecular weight excluding hydrogens is 251 g/mol. The number of benzene rings is 1. The zero-order valence-corrected chi connectivity index (χ0v) is 8.19. The molecule has 1 fully saturated rings. The Morgan fingerprint density at radius 1 is 1.27 bits per heavy atom. The van der Waals surface area contributed by atoms with Crippen molar-refractivity contribution in [2.24, 2.45) is 0 Å². The van der Waals surface area contributed by atoms with Gasteiger partial charge in [-0.25, -0.2) is 0 Å². The van der Waals surface area contributed by atoms with Gasteiger partial charge in [-0.2, -0.15) is 0 Å². The zero-order valence-electron chi connectivity index (χ0n) is 6.03. The Morgan fingerprint density at radius 2 is 2.00 bits per heavy atom. The van der Waals surface area contributed by atoms with Crippen LogP contribution in [0.25, 0.3) is 0 Å². The fourth-order valence-electron chi connectivity index (χ4n) is 1.20. The van der Waals surface area contributed by atoms with Crippen LogP contribution in [0.2, 0.25) is 0 Å². The average Bonchev–Trinajstić information content (AvgIpc) is 2.85. The van der Waals surface area contributed by atoms with Gasteiger partial charge < -0.3 is 4.74 Å². The van der Waals surface area contributed by atoms with Crippen LogP contribution in [-0.4, -0.2) is 10.5 Å². The fraction of sp³-hybridized carbons (Fsp3) is 0.333. The smallest absolute Gasteiger partial charge is 0.110 e. The number of alkyl halides is 1. The molecule has 0 radical (unpaired) electrons. The highest BCUT2D eigenvalue weighted by Crippen LogP contribution is 2.39. The lowest BCUT2D eigenvalue weighted by Crippen LogP contribution is -1.87. The van der Waals surface area contributed by atoms with Crippen molar-refractivity contribution >= 4 is 22.6 Å². The molecule has 1 heterocycles. The molecule has 58 valence electrons. The molecule has 0 N–H and O–H groups in total. The summed E-state index contributed by atoms with van der Waals surface area (Å²) in [5, 5.41) is 0. The zero-order chi connectivity index (χ0) is 7.68. The average molecular weight is 260 g/mol. The molecule has 1 aromatic carbocycles. The molecule has 1 nitrogen and oxygen atoms in total. The van der Waals surface area contributed by atoms with E-state index in [-0.39, 0.29) is 0 Å². The molecule has 2 heteroatoms. The molecule has 0 spiro atoms. The summed E-state index contributed by atoms with van der Waals surface area (Å²) in [7, 11) is 0. The predicted molar refractivity (Wildman–Crippen MR) is 52.9 cm³/mol. The molecule has 1 aliphatic rings. The van der Waals surface area contributed by atoms with Gasteiger partial charge in [0.15, 0.2) is 0 Å². The number of epoxide rings is 1. The molecule has 1 aromatic rings. The van der Waals surface area contributed by atoms with Crippen LogP contribution in [0.5, 0.6) is 0 Å². The highest BCUT2D eigenvalue weighted by atomic mass is 127. The summed E-state index contributed by atoms with van der Waals surface area (Å²) in [5.41, 5.74) is 1.31. The van der Waals surface area contributed by atoms with Gasteiger partial charge in [-0.3, -0.25) is 0 Å². The number of ether oxygens (including phenoxy) is 1. The molecular formula is C9H9IO. The Labute approximate surface area is 79.9 Å². The molecule has 0 unspecified atom stereocenters. The first kappa shape index (κ1) is 7.55. The first-order valence-electron chi connectivity index (χ1n) is 3.68. The standard InChI is InChI=1S/C9H9IO/c10-6-8-9(11-8)7-4-2-1-3-5-7/h1-5,8-9H,6H2/t8-,9-/m0/s1. The minimum absolute atomic E-state index is 0.382. The van der Waals surface area contributed by atoms with Gasteiger partial charge in [0.25, 0.3) is 0 Å². The quantitative estimate of drug-likeness (QED) is 0.452. The number of hydrogen-bond donors (Lipinski definition) is 0. The Hall–Kier alpha value is -0.0900. The van der Waals surface area contributed by atoms with Gasteiger partial charge in [0.2, 0.25) is 0 Å². The lowest BCUT2D eigenvalue weighted by Gasteiger charge is -1.91. The largest absolute Gasteiger partial charge is 0.364 e. The second-order valence-corrected chi connectivity index (χ2v) is 3.54. The topological polar surface area (TPSA) is 12.5 Å². The third-order valence-corrected chi connectivity index (χ3v) is 2.73. The van der Waals surface area contributed by atoms with E-state index in [9.17, 15) is 0 Å². The van der Waals surface area contributed by atoms with E-state index in [1.165, 1.54) is 5.56 Å². The minimum atomic E-state index is 0.382. The molecule has 2 atom stereocenters. The summed E-state index contributed by atoms with van der Waals surface area (Å²) in [6.45, 7) is 0. The van der Waals surface area contributed by atoms with E-state index in [0.717, 1.165) is 4.43 Å².